The summed E-state index contributed by atoms with van der Waals surface area (Å²) in [5.41, 5.74) is 1.06. The molecule has 0 fully saturated rings. The van der Waals surface area contributed by atoms with Crippen molar-refractivity contribution >= 4 is 18.5 Å². The predicted molar refractivity (Wildman–Crippen MR) is 88.6 cm³/mol. The molecule has 0 atom stereocenters. The van der Waals surface area contributed by atoms with Crippen LogP contribution in [0.1, 0.15) is 5.56 Å². The van der Waals surface area contributed by atoms with Gasteiger partial charge in [-0.15, -0.1) is 12.4 Å². The van der Waals surface area contributed by atoms with Crippen molar-refractivity contribution in [2.45, 2.75) is 0 Å². The Morgan fingerprint density at radius 3 is 2.71 bits per heavy atom. The molecular weight excluding hydrogens is 288 g/mol. The number of likely N-dealkylation sites (N-methyl/N-ethyl adjacent to an activating group) is 1. The molecule has 1 aromatic rings. The van der Waals surface area contributed by atoms with E-state index in [2.05, 4.69) is 4.90 Å². The number of benzene rings is 1. The maximum atomic E-state index is 5.82. The third kappa shape index (κ3) is 5.69. The van der Waals surface area contributed by atoms with Gasteiger partial charge in [0.1, 0.15) is 18.1 Å². The Hall–Kier alpha value is -1.65. The lowest BCUT2D eigenvalue weighted by Crippen LogP contribution is -2.19. The van der Waals surface area contributed by atoms with Crippen molar-refractivity contribution in [1.29, 1.82) is 0 Å². The van der Waals surface area contributed by atoms with Crippen molar-refractivity contribution in [3.63, 3.8) is 0 Å². The fourth-order valence-corrected chi connectivity index (χ4v) is 1.82. The molecule has 0 aromatic heterocycles. The summed E-state index contributed by atoms with van der Waals surface area (Å²) in [4.78, 5) is 4.10. The molecule has 1 aromatic carbocycles. The van der Waals surface area contributed by atoms with Crippen LogP contribution in [0.15, 0.2) is 42.3 Å². The monoisotopic (exact) mass is 310 g/mol. The average Bonchev–Trinajstić information content (AvgIpc) is 2.83. The molecule has 0 spiro atoms. The molecule has 21 heavy (non-hydrogen) atoms. The summed E-state index contributed by atoms with van der Waals surface area (Å²) in [6.07, 6.45) is 5.97. The summed E-state index contributed by atoms with van der Waals surface area (Å²) < 4.78 is 11.3. The van der Waals surface area contributed by atoms with Gasteiger partial charge in [-0.25, -0.2) is 0 Å². The minimum absolute atomic E-state index is 0. The van der Waals surface area contributed by atoms with Gasteiger partial charge in [-0.3, -0.25) is 0 Å². The van der Waals surface area contributed by atoms with Crippen LogP contribution in [0, 0.1) is 0 Å². The van der Waals surface area contributed by atoms with Gasteiger partial charge in [0.2, 0.25) is 0 Å². The molecule has 0 amide bonds. The quantitative estimate of drug-likeness (QED) is 0.806. The zero-order valence-electron chi connectivity index (χ0n) is 12.8. The number of nitrogens with zero attached hydrogens (tertiary/aromatic N) is 2. The Morgan fingerprint density at radius 2 is 2.05 bits per heavy atom. The Labute approximate surface area is 133 Å². The fourth-order valence-electron chi connectivity index (χ4n) is 1.82. The smallest absolute Gasteiger partial charge is 0.161 e. The topological polar surface area (TPSA) is 24.9 Å². The molecule has 0 aliphatic carbocycles. The molecule has 0 bridgehead atoms. The van der Waals surface area contributed by atoms with Crippen LogP contribution in [-0.2, 0) is 4.74 Å². The van der Waals surface area contributed by atoms with Gasteiger partial charge in [0.15, 0.2) is 6.73 Å². The van der Waals surface area contributed by atoms with Gasteiger partial charge >= 0.3 is 0 Å². The molecule has 1 aliphatic heterocycles. The number of hydrogen-bond acceptors (Lipinski definition) is 4. The largest absolute Gasteiger partial charge is 0.492 e. The highest BCUT2D eigenvalue weighted by molar-refractivity contribution is 5.85. The van der Waals surface area contributed by atoms with Crippen LogP contribution in [0.3, 0.4) is 0 Å². The van der Waals surface area contributed by atoms with Crippen LogP contribution in [0.25, 0.3) is 6.08 Å². The molecule has 0 N–H and O–H groups in total. The van der Waals surface area contributed by atoms with E-state index in [0.717, 1.165) is 23.6 Å². The van der Waals surface area contributed by atoms with Gasteiger partial charge in [-0.05, 0) is 32.3 Å². The summed E-state index contributed by atoms with van der Waals surface area (Å²) >= 11 is 0. The molecule has 2 rings (SSSR count). The van der Waals surface area contributed by atoms with Crippen molar-refractivity contribution in [1.82, 2.24) is 9.80 Å². The lowest BCUT2D eigenvalue weighted by molar-refractivity contribution is 0.177. The molecule has 1 heterocycles. The lowest BCUT2D eigenvalue weighted by atomic mass is 10.2. The molecule has 4 nitrogen and oxygen atoms in total. The first-order valence-corrected chi connectivity index (χ1v) is 6.74. The van der Waals surface area contributed by atoms with Crippen molar-refractivity contribution in [3.8, 4) is 5.75 Å². The normalized spacial score (nSPS) is 14.1. The molecule has 5 heteroatoms. The second kappa shape index (κ2) is 8.60. The van der Waals surface area contributed by atoms with Crippen LogP contribution in [0.4, 0.5) is 0 Å². The van der Waals surface area contributed by atoms with E-state index in [9.17, 15) is 0 Å². The Kier molecular flexibility index (Phi) is 7.12. The number of hydrogen-bond donors (Lipinski definition) is 0. The SMILES string of the molecule is CN(C)CCOc1ccccc1/C=C/C1=CN(C)CO1.Cl. The van der Waals surface area contributed by atoms with Crippen LogP contribution < -0.4 is 4.74 Å². The van der Waals surface area contributed by atoms with Crippen molar-refractivity contribution in [3.05, 3.63) is 47.9 Å². The average molecular weight is 311 g/mol. The van der Waals surface area contributed by atoms with E-state index in [4.69, 9.17) is 9.47 Å². The standard InChI is InChI=1S/C16H22N2O2.ClH/c1-17(2)10-11-19-16-7-5-4-6-14(16)8-9-15-12-18(3)13-20-15;/h4-9,12H,10-11,13H2,1-3H3;1H/b9-8+;. The highest BCUT2D eigenvalue weighted by Crippen LogP contribution is 2.21. The third-order valence-electron chi connectivity index (χ3n) is 2.92. The molecule has 0 saturated heterocycles. The van der Waals surface area contributed by atoms with Crippen LogP contribution >= 0.6 is 12.4 Å². The van der Waals surface area contributed by atoms with Crippen molar-refractivity contribution in [2.75, 3.05) is 41.0 Å². The van der Waals surface area contributed by atoms with Crippen LogP contribution in [0.5, 0.6) is 5.75 Å². The van der Waals surface area contributed by atoms with E-state index < -0.39 is 0 Å². The molecule has 0 saturated carbocycles. The molecule has 1 aliphatic rings. The minimum atomic E-state index is 0. The van der Waals surface area contributed by atoms with Crippen molar-refractivity contribution in [2.24, 2.45) is 0 Å². The highest BCUT2D eigenvalue weighted by Gasteiger charge is 2.06. The van der Waals surface area contributed by atoms with Gasteiger partial charge in [0.05, 0.1) is 0 Å². The summed E-state index contributed by atoms with van der Waals surface area (Å²) in [6, 6.07) is 8.03. The fraction of sp³-hybridized carbons (Fsp3) is 0.375. The Balaban J connectivity index is 0.00000220. The van der Waals surface area contributed by atoms with Gasteiger partial charge < -0.3 is 19.3 Å². The number of halogens is 1. The van der Waals surface area contributed by atoms with E-state index in [0.29, 0.717) is 13.3 Å². The molecule has 116 valence electrons. The highest BCUT2D eigenvalue weighted by atomic mass is 35.5. The van der Waals surface area contributed by atoms with E-state index in [1.54, 1.807) is 0 Å². The first-order chi connectivity index (χ1) is 9.65. The zero-order valence-corrected chi connectivity index (χ0v) is 13.6. The number of para-hydroxylation sites is 1. The Morgan fingerprint density at radius 1 is 1.29 bits per heavy atom. The van der Waals surface area contributed by atoms with E-state index in [-0.39, 0.29) is 12.4 Å². The predicted octanol–water partition coefficient (Wildman–Crippen LogP) is 2.82. The lowest BCUT2D eigenvalue weighted by Gasteiger charge is -2.12. The van der Waals surface area contributed by atoms with Crippen molar-refractivity contribution < 1.29 is 9.47 Å². The van der Waals surface area contributed by atoms with Gasteiger partial charge in [0, 0.05) is 25.4 Å². The Bertz CT molecular complexity index is 501. The summed E-state index contributed by atoms with van der Waals surface area (Å²) in [5.74, 6) is 1.77. The molecule has 0 radical (unpaired) electrons. The second-order valence-electron chi connectivity index (χ2n) is 5.08. The summed E-state index contributed by atoms with van der Waals surface area (Å²) in [7, 11) is 6.06. The van der Waals surface area contributed by atoms with Crippen LogP contribution in [0.2, 0.25) is 0 Å². The number of rotatable bonds is 6. The number of allylic oxidation sites excluding steroid dienone is 1. The maximum absolute atomic E-state index is 5.82. The first kappa shape index (κ1) is 17.4. The van der Waals surface area contributed by atoms with Crippen LogP contribution in [-0.4, -0.2) is 50.8 Å². The molecular formula is C16H23ClN2O2. The number of ether oxygens (including phenoxy) is 2. The van der Waals surface area contributed by atoms with E-state index in [1.165, 1.54) is 0 Å². The zero-order chi connectivity index (χ0) is 14.4. The summed E-state index contributed by atoms with van der Waals surface area (Å²) in [5, 5.41) is 0. The first-order valence-electron chi connectivity index (χ1n) is 6.74. The van der Waals surface area contributed by atoms with E-state index in [1.807, 2.05) is 68.7 Å². The van der Waals surface area contributed by atoms with E-state index >= 15 is 0 Å². The third-order valence-corrected chi connectivity index (χ3v) is 2.92. The molecule has 0 unspecified atom stereocenters. The van der Waals surface area contributed by atoms with Gasteiger partial charge in [-0.2, -0.15) is 0 Å². The maximum Gasteiger partial charge on any atom is 0.161 e. The minimum Gasteiger partial charge on any atom is -0.492 e. The summed E-state index contributed by atoms with van der Waals surface area (Å²) in [6.45, 7) is 2.19. The second-order valence-corrected chi connectivity index (χ2v) is 5.08. The van der Waals surface area contributed by atoms with Gasteiger partial charge in [0.25, 0.3) is 0 Å². The van der Waals surface area contributed by atoms with Gasteiger partial charge in [-0.1, -0.05) is 18.2 Å².